The fraction of sp³-hybridized carbons (Fsp3) is 0.857. The number of hydrogen-bond donors (Lipinski definition) is 6. The molecular weight excluding hydrogens is 731 g/mol. The molecule has 0 radical (unpaired) electrons. The normalized spacial score (nSPS) is 21.1. The van der Waals surface area contributed by atoms with Gasteiger partial charge in [0.05, 0.1) is 25.4 Å². The summed E-state index contributed by atoms with van der Waals surface area (Å²) in [4.78, 5) is 13.0. The first-order valence-corrected chi connectivity index (χ1v) is 24.2. The van der Waals surface area contributed by atoms with Gasteiger partial charge in [-0.1, -0.05) is 192 Å². The highest BCUT2D eigenvalue weighted by atomic mass is 16.7. The van der Waals surface area contributed by atoms with Crippen LogP contribution in [0.1, 0.15) is 213 Å². The van der Waals surface area contributed by atoms with Crippen molar-refractivity contribution in [3.8, 4) is 0 Å². The number of aliphatic hydroxyl groups excluding tert-OH is 5. The number of amides is 1. The van der Waals surface area contributed by atoms with Crippen LogP contribution in [0.2, 0.25) is 0 Å². The van der Waals surface area contributed by atoms with Crippen LogP contribution < -0.4 is 5.32 Å². The molecule has 340 valence electrons. The first kappa shape index (κ1) is 54.4. The Hall–Kier alpha value is -1.59. The molecule has 6 N–H and O–H groups in total. The predicted octanol–water partition coefficient (Wildman–Crippen LogP) is 10.5. The molecule has 0 spiro atoms. The Labute approximate surface area is 355 Å². The van der Waals surface area contributed by atoms with Gasteiger partial charge in [0, 0.05) is 6.42 Å². The minimum absolute atomic E-state index is 0.141. The molecule has 1 aliphatic rings. The van der Waals surface area contributed by atoms with Gasteiger partial charge >= 0.3 is 0 Å². The van der Waals surface area contributed by atoms with Crippen LogP contribution in [-0.4, -0.2) is 87.5 Å². The van der Waals surface area contributed by atoms with Crippen LogP contribution in [0.25, 0.3) is 0 Å². The maximum Gasteiger partial charge on any atom is 0.220 e. The van der Waals surface area contributed by atoms with Gasteiger partial charge in [0.1, 0.15) is 24.4 Å². The van der Waals surface area contributed by atoms with Gasteiger partial charge in [0.15, 0.2) is 6.29 Å². The lowest BCUT2D eigenvalue weighted by Gasteiger charge is -2.40. The molecule has 1 rings (SSSR count). The number of carbonyl (C=O) groups excluding carboxylic acids is 1. The Morgan fingerprint density at radius 2 is 1.02 bits per heavy atom. The third-order valence-electron chi connectivity index (χ3n) is 11.5. The fourth-order valence-electron chi connectivity index (χ4n) is 7.58. The molecule has 0 aromatic rings. The number of aliphatic hydroxyl groups is 5. The van der Waals surface area contributed by atoms with Gasteiger partial charge in [0.2, 0.25) is 5.91 Å². The van der Waals surface area contributed by atoms with E-state index in [1.54, 1.807) is 0 Å². The van der Waals surface area contributed by atoms with Crippen LogP contribution in [0.5, 0.6) is 0 Å². The average Bonchev–Trinajstić information content (AvgIpc) is 3.22. The summed E-state index contributed by atoms with van der Waals surface area (Å²) in [5.41, 5.74) is 0. The molecule has 1 aliphatic heterocycles. The molecular formula is C49H91NO8. The van der Waals surface area contributed by atoms with Gasteiger partial charge in [-0.25, -0.2) is 0 Å². The van der Waals surface area contributed by atoms with Crippen LogP contribution in [-0.2, 0) is 14.3 Å². The third-order valence-corrected chi connectivity index (χ3v) is 11.5. The topological polar surface area (TPSA) is 149 Å². The molecule has 1 amide bonds. The Bertz CT molecular complexity index is 1000. The summed E-state index contributed by atoms with van der Waals surface area (Å²) in [6.45, 7) is 3.81. The highest BCUT2D eigenvalue weighted by Gasteiger charge is 2.44. The minimum Gasteiger partial charge on any atom is -0.394 e. The van der Waals surface area contributed by atoms with Crippen LogP contribution in [0, 0.1) is 0 Å². The highest BCUT2D eigenvalue weighted by molar-refractivity contribution is 5.76. The molecule has 1 fully saturated rings. The maximum absolute atomic E-state index is 13.0. The van der Waals surface area contributed by atoms with Crippen LogP contribution in [0.4, 0.5) is 0 Å². The molecule has 0 bridgehead atoms. The maximum atomic E-state index is 13.0. The smallest absolute Gasteiger partial charge is 0.220 e. The lowest BCUT2D eigenvalue weighted by atomic mass is 9.99. The molecule has 1 saturated heterocycles. The van der Waals surface area contributed by atoms with Crippen molar-refractivity contribution in [1.82, 2.24) is 5.32 Å². The SMILES string of the molecule is CCCCCCC/C=C\C/C=C\C/C=C\CCCCCCCCCCC(=O)NC(COC1OC(CO)C(O)C(O)C1O)C(O)CCCCCCCCCCCCCC. The average molecular weight is 822 g/mol. The number of nitrogens with one attached hydrogen (secondary N) is 1. The van der Waals surface area contributed by atoms with E-state index in [9.17, 15) is 30.3 Å². The predicted molar refractivity (Wildman–Crippen MR) is 240 cm³/mol. The summed E-state index contributed by atoms with van der Waals surface area (Å²) in [7, 11) is 0. The van der Waals surface area contributed by atoms with E-state index < -0.39 is 49.5 Å². The molecule has 0 aliphatic carbocycles. The summed E-state index contributed by atoms with van der Waals surface area (Å²) in [5.74, 6) is -0.153. The number of carbonyl (C=O) groups is 1. The van der Waals surface area contributed by atoms with E-state index in [0.29, 0.717) is 12.8 Å². The minimum atomic E-state index is -1.55. The first-order chi connectivity index (χ1) is 28.3. The van der Waals surface area contributed by atoms with E-state index >= 15 is 0 Å². The second-order valence-electron chi connectivity index (χ2n) is 16.9. The van der Waals surface area contributed by atoms with Crippen LogP contribution in [0.15, 0.2) is 36.5 Å². The van der Waals surface area contributed by atoms with Crippen molar-refractivity contribution in [3.63, 3.8) is 0 Å². The van der Waals surface area contributed by atoms with E-state index in [1.807, 2.05) is 0 Å². The number of hydrogen-bond acceptors (Lipinski definition) is 8. The fourth-order valence-corrected chi connectivity index (χ4v) is 7.58. The summed E-state index contributed by atoms with van der Waals surface area (Å²) in [6, 6.07) is -0.721. The quantitative estimate of drug-likeness (QED) is 0.0264. The van der Waals surface area contributed by atoms with Gasteiger partial charge in [-0.3, -0.25) is 4.79 Å². The van der Waals surface area contributed by atoms with E-state index in [0.717, 1.165) is 57.8 Å². The highest BCUT2D eigenvalue weighted by Crippen LogP contribution is 2.23. The number of unbranched alkanes of at least 4 members (excludes halogenated alkanes) is 24. The molecule has 9 heteroatoms. The van der Waals surface area contributed by atoms with Crippen molar-refractivity contribution in [2.45, 2.75) is 256 Å². The molecule has 7 unspecified atom stereocenters. The summed E-state index contributed by atoms with van der Waals surface area (Å²) in [6.07, 6.45) is 41.5. The van der Waals surface area contributed by atoms with E-state index in [2.05, 4.69) is 55.6 Å². The Balaban J connectivity index is 2.27. The lowest BCUT2D eigenvalue weighted by molar-refractivity contribution is -0.302. The van der Waals surface area contributed by atoms with Crippen molar-refractivity contribution >= 4 is 5.91 Å². The van der Waals surface area contributed by atoms with E-state index in [-0.39, 0.29) is 12.5 Å². The van der Waals surface area contributed by atoms with Crippen molar-refractivity contribution in [2.24, 2.45) is 0 Å². The van der Waals surface area contributed by atoms with Crippen LogP contribution in [0.3, 0.4) is 0 Å². The van der Waals surface area contributed by atoms with E-state index in [4.69, 9.17) is 9.47 Å². The Morgan fingerprint density at radius 1 is 0.586 bits per heavy atom. The zero-order valence-corrected chi connectivity index (χ0v) is 37.3. The lowest BCUT2D eigenvalue weighted by Crippen LogP contribution is -2.60. The van der Waals surface area contributed by atoms with Gasteiger partial charge in [-0.15, -0.1) is 0 Å². The van der Waals surface area contributed by atoms with Gasteiger partial charge in [0.25, 0.3) is 0 Å². The molecule has 9 nitrogen and oxygen atoms in total. The standard InChI is InChI=1S/C49H91NO8/c1-3-5-7-9-11-13-15-17-18-19-20-21-22-23-24-25-26-27-29-31-33-35-37-39-45(53)50-42(41-57-49-48(56)47(55)46(54)44(40-51)58-49)43(52)38-36-34-32-30-28-16-14-12-10-8-6-4-2/h15,17,19-20,22-23,42-44,46-49,51-52,54-56H,3-14,16,18,21,24-41H2,1-2H3,(H,50,53)/b17-15-,20-19-,23-22-. The number of allylic oxidation sites excluding steroid dienone is 6. The molecule has 0 aromatic heterocycles. The van der Waals surface area contributed by atoms with Crippen molar-refractivity contribution < 1.29 is 39.8 Å². The zero-order chi connectivity index (χ0) is 42.3. The van der Waals surface area contributed by atoms with Crippen molar-refractivity contribution in [1.29, 1.82) is 0 Å². The molecule has 58 heavy (non-hydrogen) atoms. The van der Waals surface area contributed by atoms with Crippen LogP contribution >= 0.6 is 0 Å². The summed E-state index contributed by atoms with van der Waals surface area (Å²) < 4.78 is 11.3. The molecule has 1 heterocycles. The number of rotatable bonds is 40. The first-order valence-electron chi connectivity index (χ1n) is 24.2. The monoisotopic (exact) mass is 822 g/mol. The van der Waals surface area contributed by atoms with Crippen molar-refractivity contribution in [3.05, 3.63) is 36.5 Å². The van der Waals surface area contributed by atoms with Gasteiger partial charge in [-0.2, -0.15) is 0 Å². The third kappa shape index (κ3) is 29.6. The van der Waals surface area contributed by atoms with Crippen molar-refractivity contribution in [2.75, 3.05) is 13.2 Å². The Morgan fingerprint density at radius 3 is 1.50 bits per heavy atom. The second kappa shape index (κ2) is 39.5. The summed E-state index contributed by atoms with van der Waals surface area (Å²) in [5, 5.41) is 54.3. The van der Waals surface area contributed by atoms with Gasteiger partial charge in [-0.05, 0) is 51.4 Å². The van der Waals surface area contributed by atoms with Gasteiger partial charge < -0.3 is 40.3 Å². The zero-order valence-electron chi connectivity index (χ0n) is 37.3. The van der Waals surface area contributed by atoms with E-state index in [1.165, 1.54) is 128 Å². The largest absolute Gasteiger partial charge is 0.394 e. The number of ether oxygens (including phenoxy) is 2. The molecule has 0 saturated carbocycles. The molecule has 7 atom stereocenters. The second-order valence-corrected chi connectivity index (χ2v) is 16.9. The Kier molecular flexibility index (Phi) is 37.1. The molecule has 0 aromatic carbocycles. The summed E-state index contributed by atoms with van der Waals surface area (Å²) >= 11 is 0.